The van der Waals surface area contributed by atoms with Gasteiger partial charge in [0.25, 0.3) is 0 Å². The number of thiazole rings is 1. The van der Waals surface area contributed by atoms with Crippen LogP contribution in [0.3, 0.4) is 0 Å². The smallest absolute Gasteiger partial charge is 0.191 e. The molecule has 5 nitrogen and oxygen atoms in total. The van der Waals surface area contributed by atoms with Gasteiger partial charge in [0, 0.05) is 43.2 Å². The summed E-state index contributed by atoms with van der Waals surface area (Å²) in [4.78, 5) is 13.5. The number of aliphatic imine (C=N–C) groups is 1. The Morgan fingerprint density at radius 3 is 2.46 bits per heavy atom. The summed E-state index contributed by atoms with van der Waals surface area (Å²) in [5, 5.41) is 3.07. The minimum Gasteiger partial charge on any atom is -0.370 e. The van der Waals surface area contributed by atoms with Crippen LogP contribution in [0.5, 0.6) is 0 Å². The minimum atomic E-state index is -0.194. The molecular formula is C18H23FIN5S. The summed E-state index contributed by atoms with van der Waals surface area (Å²) in [6.07, 6.45) is 4.02. The summed E-state index contributed by atoms with van der Waals surface area (Å²) >= 11 is 1.67. The van der Waals surface area contributed by atoms with Gasteiger partial charge in [-0.2, -0.15) is 0 Å². The van der Waals surface area contributed by atoms with Crippen LogP contribution in [0.15, 0.2) is 40.8 Å². The van der Waals surface area contributed by atoms with E-state index in [4.69, 9.17) is 5.73 Å². The van der Waals surface area contributed by atoms with Crippen molar-refractivity contribution in [1.82, 2.24) is 9.88 Å². The molecule has 0 amide bonds. The zero-order chi connectivity index (χ0) is 17.3. The number of halogens is 2. The molecule has 0 radical (unpaired) electrons. The van der Waals surface area contributed by atoms with Crippen LogP contribution in [-0.4, -0.2) is 48.6 Å². The standard InChI is InChI=1S/C18H22FN5S.HI/c19-15-3-1-14(2-4-15)18(5-6-18)13-22-16(20)23-8-10-24(11-9-23)17-21-7-12-25-17;/h1-4,7,12H,5-6,8-11,13H2,(H2,20,22);1H. The maximum absolute atomic E-state index is 13.1. The first-order valence-electron chi connectivity index (χ1n) is 8.62. The molecule has 0 unspecified atom stereocenters. The van der Waals surface area contributed by atoms with Crippen LogP contribution in [-0.2, 0) is 5.41 Å². The molecule has 2 aliphatic rings. The highest BCUT2D eigenvalue weighted by Crippen LogP contribution is 2.48. The Bertz CT molecular complexity index is 737. The lowest BCUT2D eigenvalue weighted by Gasteiger charge is -2.35. The molecule has 4 rings (SSSR count). The molecule has 1 aliphatic heterocycles. The molecule has 0 bridgehead atoms. The van der Waals surface area contributed by atoms with Crippen LogP contribution in [0, 0.1) is 5.82 Å². The predicted molar refractivity (Wildman–Crippen MR) is 115 cm³/mol. The third-order valence-electron chi connectivity index (χ3n) is 5.15. The van der Waals surface area contributed by atoms with Gasteiger partial charge in [0.2, 0.25) is 0 Å². The highest BCUT2D eigenvalue weighted by Gasteiger charge is 2.44. The number of aromatic nitrogens is 1. The average molecular weight is 487 g/mol. The lowest BCUT2D eigenvalue weighted by molar-refractivity contribution is 0.380. The van der Waals surface area contributed by atoms with E-state index < -0.39 is 0 Å². The zero-order valence-electron chi connectivity index (χ0n) is 14.5. The normalized spacial score (nSPS) is 19.2. The fourth-order valence-electron chi connectivity index (χ4n) is 3.32. The summed E-state index contributed by atoms with van der Waals surface area (Å²) < 4.78 is 13.1. The van der Waals surface area contributed by atoms with E-state index in [1.807, 2.05) is 23.7 Å². The summed E-state index contributed by atoms with van der Waals surface area (Å²) in [6, 6.07) is 6.81. The Hall–Kier alpha value is -1.42. The second kappa shape index (κ2) is 8.08. The van der Waals surface area contributed by atoms with Gasteiger partial charge < -0.3 is 15.5 Å². The van der Waals surface area contributed by atoms with Crippen molar-refractivity contribution in [3.05, 3.63) is 47.2 Å². The van der Waals surface area contributed by atoms with Gasteiger partial charge in [0.15, 0.2) is 11.1 Å². The van der Waals surface area contributed by atoms with Gasteiger partial charge in [-0.1, -0.05) is 12.1 Å². The molecule has 26 heavy (non-hydrogen) atoms. The molecule has 2 heterocycles. The van der Waals surface area contributed by atoms with Crippen LogP contribution in [0.25, 0.3) is 0 Å². The topological polar surface area (TPSA) is 57.8 Å². The summed E-state index contributed by atoms with van der Waals surface area (Å²) in [5.41, 5.74) is 7.46. The summed E-state index contributed by atoms with van der Waals surface area (Å²) in [6.45, 7) is 4.22. The number of benzene rings is 1. The van der Waals surface area contributed by atoms with Crippen LogP contribution in [0.2, 0.25) is 0 Å². The molecule has 140 valence electrons. The Morgan fingerprint density at radius 2 is 1.88 bits per heavy atom. The predicted octanol–water partition coefficient (Wildman–Crippen LogP) is 3.07. The van der Waals surface area contributed by atoms with E-state index in [9.17, 15) is 4.39 Å². The minimum absolute atomic E-state index is 0. The van der Waals surface area contributed by atoms with Crippen LogP contribution < -0.4 is 10.6 Å². The monoisotopic (exact) mass is 487 g/mol. The van der Waals surface area contributed by atoms with Crippen LogP contribution in [0.4, 0.5) is 9.52 Å². The van der Waals surface area contributed by atoms with E-state index in [1.165, 1.54) is 17.7 Å². The maximum Gasteiger partial charge on any atom is 0.191 e. The molecule has 1 saturated carbocycles. The first-order valence-corrected chi connectivity index (χ1v) is 9.50. The quantitative estimate of drug-likeness (QED) is 0.409. The van der Waals surface area contributed by atoms with E-state index >= 15 is 0 Å². The highest BCUT2D eigenvalue weighted by molar-refractivity contribution is 14.0. The van der Waals surface area contributed by atoms with Crippen molar-refractivity contribution in [2.45, 2.75) is 18.3 Å². The van der Waals surface area contributed by atoms with Gasteiger partial charge in [-0.05, 0) is 30.5 Å². The van der Waals surface area contributed by atoms with Gasteiger partial charge in [-0.25, -0.2) is 9.37 Å². The van der Waals surface area contributed by atoms with E-state index in [1.54, 1.807) is 11.3 Å². The number of nitrogens with zero attached hydrogens (tertiary/aromatic N) is 4. The maximum atomic E-state index is 13.1. The molecule has 8 heteroatoms. The van der Waals surface area contributed by atoms with Gasteiger partial charge in [0.1, 0.15) is 5.82 Å². The molecule has 1 aromatic carbocycles. The molecule has 1 saturated heterocycles. The van der Waals surface area contributed by atoms with Crippen molar-refractivity contribution < 1.29 is 4.39 Å². The Balaban J connectivity index is 0.00000196. The van der Waals surface area contributed by atoms with Crippen LogP contribution >= 0.6 is 35.3 Å². The number of guanidine groups is 1. The second-order valence-corrected chi connectivity index (χ2v) is 7.62. The van der Waals surface area contributed by atoms with Crippen molar-refractivity contribution in [2.75, 3.05) is 37.6 Å². The molecule has 1 aromatic heterocycles. The van der Waals surface area contributed by atoms with Gasteiger partial charge in [-0.3, -0.25) is 4.99 Å². The van der Waals surface area contributed by atoms with Gasteiger partial charge >= 0.3 is 0 Å². The number of piperazine rings is 1. The van der Waals surface area contributed by atoms with Crippen molar-refractivity contribution in [1.29, 1.82) is 0 Å². The number of nitrogens with two attached hydrogens (primary N) is 1. The third kappa shape index (κ3) is 4.11. The lowest BCUT2D eigenvalue weighted by atomic mass is 9.96. The number of hydrogen-bond donors (Lipinski definition) is 1. The Kier molecular flexibility index (Phi) is 6.01. The van der Waals surface area contributed by atoms with Crippen molar-refractivity contribution >= 4 is 46.4 Å². The number of anilines is 1. The summed E-state index contributed by atoms with van der Waals surface area (Å²) in [7, 11) is 0. The zero-order valence-corrected chi connectivity index (χ0v) is 17.6. The molecule has 0 spiro atoms. The lowest BCUT2D eigenvalue weighted by Crippen LogP contribution is -2.51. The van der Waals surface area contributed by atoms with Gasteiger partial charge in [0.05, 0.1) is 6.54 Å². The van der Waals surface area contributed by atoms with E-state index in [2.05, 4.69) is 19.8 Å². The largest absolute Gasteiger partial charge is 0.370 e. The number of hydrogen-bond acceptors (Lipinski definition) is 4. The van der Waals surface area contributed by atoms with Crippen molar-refractivity contribution in [3.63, 3.8) is 0 Å². The molecular weight excluding hydrogens is 464 g/mol. The second-order valence-electron chi connectivity index (χ2n) is 6.75. The van der Waals surface area contributed by atoms with E-state index in [0.29, 0.717) is 12.5 Å². The fourth-order valence-corrected chi connectivity index (χ4v) is 4.02. The first-order chi connectivity index (χ1) is 12.2. The van der Waals surface area contributed by atoms with Gasteiger partial charge in [-0.15, -0.1) is 35.3 Å². The van der Waals surface area contributed by atoms with Crippen molar-refractivity contribution in [3.8, 4) is 0 Å². The first kappa shape index (κ1) is 19.3. The summed E-state index contributed by atoms with van der Waals surface area (Å²) in [5.74, 6) is 0.424. The molecule has 0 atom stereocenters. The highest BCUT2D eigenvalue weighted by atomic mass is 127. The van der Waals surface area contributed by atoms with E-state index in [0.717, 1.165) is 44.2 Å². The SMILES string of the molecule is I.NC(=NCC1(c2ccc(F)cc2)CC1)N1CCN(c2nccs2)CC1. The van der Waals surface area contributed by atoms with Crippen molar-refractivity contribution in [2.24, 2.45) is 10.7 Å². The average Bonchev–Trinajstić information content (AvgIpc) is 3.23. The molecule has 1 aliphatic carbocycles. The fraction of sp³-hybridized carbons (Fsp3) is 0.444. The number of rotatable bonds is 4. The van der Waals surface area contributed by atoms with E-state index in [-0.39, 0.29) is 35.2 Å². The Labute approximate surface area is 174 Å². The Morgan fingerprint density at radius 1 is 1.19 bits per heavy atom. The molecule has 2 aromatic rings. The third-order valence-corrected chi connectivity index (χ3v) is 5.98. The molecule has 2 N–H and O–H groups in total. The molecule has 2 fully saturated rings. The van der Waals surface area contributed by atoms with Crippen LogP contribution in [0.1, 0.15) is 18.4 Å².